The summed E-state index contributed by atoms with van der Waals surface area (Å²) in [7, 11) is 1.57. The molecule has 0 spiro atoms. The number of nitrogens with one attached hydrogen (secondary N) is 1. The van der Waals surface area contributed by atoms with Gasteiger partial charge in [-0.05, 0) is 31.6 Å². The highest BCUT2D eigenvalue weighted by Crippen LogP contribution is 2.26. The van der Waals surface area contributed by atoms with Crippen molar-refractivity contribution in [2.45, 2.75) is 20.0 Å². The van der Waals surface area contributed by atoms with E-state index in [4.69, 9.17) is 10.00 Å². The van der Waals surface area contributed by atoms with Crippen molar-refractivity contribution in [1.29, 1.82) is 5.26 Å². The molecule has 0 fully saturated rings. The number of nitro benzene ring substituents is 1. The number of carbonyl (C=O) groups excluding carboxylic acids is 1. The highest BCUT2D eigenvalue weighted by Gasteiger charge is 2.16. The minimum atomic E-state index is -0.757. The van der Waals surface area contributed by atoms with E-state index in [1.807, 2.05) is 0 Å². The van der Waals surface area contributed by atoms with Crippen molar-refractivity contribution in [2.75, 3.05) is 12.4 Å². The Labute approximate surface area is 122 Å². The quantitative estimate of drug-likeness (QED) is 0.293. The summed E-state index contributed by atoms with van der Waals surface area (Å²) in [6.07, 6.45) is 0.909. The summed E-state index contributed by atoms with van der Waals surface area (Å²) in [6.45, 7) is 3.33. The molecule has 0 saturated carbocycles. The highest BCUT2D eigenvalue weighted by atomic mass is 16.6. The van der Waals surface area contributed by atoms with Crippen LogP contribution in [-0.4, -0.2) is 24.0 Å². The minimum Gasteiger partial charge on any atom is -0.459 e. The Balaban J connectivity index is 3.18. The lowest BCUT2D eigenvalue weighted by atomic mass is 10.1. The molecule has 1 N–H and O–H groups in total. The molecule has 0 amide bonds. The molecule has 7 nitrogen and oxygen atoms in total. The van der Waals surface area contributed by atoms with Crippen LogP contribution in [0.1, 0.15) is 19.4 Å². The van der Waals surface area contributed by atoms with E-state index in [0.717, 1.165) is 0 Å². The first-order valence-corrected chi connectivity index (χ1v) is 6.18. The molecule has 0 aliphatic rings. The number of nitriles is 1. The molecule has 0 saturated heterocycles. The van der Waals surface area contributed by atoms with Crippen molar-refractivity contribution in [2.24, 2.45) is 0 Å². The van der Waals surface area contributed by atoms with E-state index in [9.17, 15) is 14.9 Å². The molecule has 1 rings (SSSR count). The van der Waals surface area contributed by atoms with Crippen molar-refractivity contribution < 1.29 is 14.5 Å². The third kappa shape index (κ3) is 4.31. The number of nitrogens with zero attached hydrogens (tertiary/aromatic N) is 2. The number of hydrogen-bond acceptors (Lipinski definition) is 6. The van der Waals surface area contributed by atoms with Crippen LogP contribution >= 0.6 is 0 Å². The van der Waals surface area contributed by atoms with Gasteiger partial charge in [0.25, 0.3) is 5.69 Å². The molecular weight excluding hydrogens is 274 g/mol. The fourth-order valence-electron chi connectivity index (χ4n) is 1.58. The van der Waals surface area contributed by atoms with Gasteiger partial charge in [-0.3, -0.25) is 10.1 Å². The van der Waals surface area contributed by atoms with E-state index >= 15 is 0 Å². The van der Waals surface area contributed by atoms with Gasteiger partial charge in [0, 0.05) is 13.1 Å². The molecule has 1 aromatic carbocycles. The van der Waals surface area contributed by atoms with Gasteiger partial charge in [0.05, 0.1) is 11.0 Å². The summed E-state index contributed by atoms with van der Waals surface area (Å²) in [5.74, 6) is -0.757. The SMILES string of the molecule is CNc1ccc(/C=C(\C#N)C(=O)OC(C)C)cc1[N+](=O)[O-]. The van der Waals surface area contributed by atoms with Gasteiger partial charge in [-0.15, -0.1) is 0 Å². The van der Waals surface area contributed by atoms with Gasteiger partial charge >= 0.3 is 5.97 Å². The topological polar surface area (TPSA) is 105 Å². The summed E-state index contributed by atoms with van der Waals surface area (Å²) in [5.41, 5.74) is 0.370. The number of esters is 1. The Kier molecular flexibility index (Phi) is 5.43. The Morgan fingerprint density at radius 2 is 2.19 bits per heavy atom. The van der Waals surface area contributed by atoms with Crippen LogP contribution in [0.2, 0.25) is 0 Å². The van der Waals surface area contributed by atoms with E-state index in [1.165, 1.54) is 18.2 Å². The Morgan fingerprint density at radius 3 is 2.67 bits per heavy atom. The number of anilines is 1. The second-order valence-electron chi connectivity index (χ2n) is 4.41. The van der Waals surface area contributed by atoms with Crippen LogP contribution in [0.25, 0.3) is 6.08 Å². The molecule has 21 heavy (non-hydrogen) atoms. The second-order valence-corrected chi connectivity index (χ2v) is 4.41. The van der Waals surface area contributed by atoms with E-state index in [-0.39, 0.29) is 17.4 Å². The average molecular weight is 289 g/mol. The Bertz CT molecular complexity index is 630. The van der Waals surface area contributed by atoms with Crippen LogP contribution in [-0.2, 0) is 9.53 Å². The summed E-state index contributed by atoms with van der Waals surface area (Å²) in [6, 6.07) is 6.09. The standard InChI is InChI=1S/C14H15N3O4/c1-9(2)21-14(18)11(8-15)6-10-4-5-12(16-3)13(7-10)17(19)20/h4-7,9,16H,1-3H3/b11-6+. The van der Waals surface area contributed by atoms with Crippen molar-refractivity contribution >= 4 is 23.4 Å². The van der Waals surface area contributed by atoms with Crippen LogP contribution < -0.4 is 5.32 Å². The first-order valence-electron chi connectivity index (χ1n) is 6.18. The number of benzene rings is 1. The van der Waals surface area contributed by atoms with Crippen molar-refractivity contribution in [3.8, 4) is 6.07 Å². The predicted molar refractivity (Wildman–Crippen MR) is 77.5 cm³/mol. The van der Waals surface area contributed by atoms with Crippen LogP contribution in [0.3, 0.4) is 0 Å². The maximum absolute atomic E-state index is 11.7. The smallest absolute Gasteiger partial charge is 0.349 e. The second kappa shape index (κ2) is 7.05. The third-order valence-corrected chi connectivity index (χ3v) is 2.48. The molecule has 7 heteroatoms. The van der Waals surface area contributed by atoms with Gasteiger partial charge in [0.1, 0.15) is 17.3 Å². The maximum atomic E-state index is 11.7. The molecule has 1 aromatic rings. The first-order chi connectivity index (χ1) is 9.88. The molecule has 0 aromatic heterocycles. The highest BCUT2D eigenvalue weighted by molar-refractivity contribution is 5.98. The number of ether oxygens (including phenoxy) is 1. The minimum absolute atomic E-state index is 0.138. The van der Waals surface area contributed by atoms with E-state index in [2.05, 4.69) is 5.32 Å². The first kappa shape index (κ1) is 16.2. The lowest BCUT2D eigenvalue weighted by Gasteiger charge is -2.07. The fourth-order valence-corrected chi connectivity index (χ4v) is 1.58. The van der Waals surface area contributed by atoms with Crippen LogP contribution in [0.15, 0.2) is 23.8 Å². The normalized spacial score (nSPS) is 10.9. The van der Waals surface area contributed by atoms with Gasteiger partial charge in [0.15, 0.2) is 0 Å². The van der Waals surface area contributed by atoms with Crippen LogP contribution in [0.5, 0.6) is 0 Å². The molecule has 0 aliphatic heterocycles. The fraction of sp³-hybridized carbons (Fsp3) is 0.286. The van der Waals surface area contributed by atoms with Crippen molar-refractivity contribution in [1.82, 2.24) is 0 Å². The predicted octanol–water partition coefficient (Wildman–Crippen LogP) is 2.50. The van der Waals surface area contributed by atoms with Gasteiger partial charge in [-0.1, -0.05) is 6.07 Å². The monoisotopic (exact) mass is 289 g/mol. The summed E-state index contributed by atoms with van der Waals surface area (Å²) >= 11 is 0. The number of nitro groups is 1. The van der Waals surface area contributed by atoms with E-state index < -0.39 is 10.9 Å². The molecule has 0 radical (unpaired) electrons. The van der Waals surface area contributed by atoms with Crippen LogP contribution in [0.4, 0.5) is 11.4 Å². The summed E-state index contributed by atoms with van der Waals surface area (Å²) < 4.78 is 4.92. The number of carbonyl (C=O) groups is 1. The number of rotatable bonds is 5. The Hall–Kier alpha value is -2.88. The molecule has 110 valence electrons. The zero-order chi connectivity index (χ0) is 16.0. The third-order valence-electron chi connectivity index (χ3n) is 2.48. The number of hydrogen-bond donors (Lipinski definition) is 1. The van der Waals surface area contributed by atoms with Gasteiger partial charge in [0.2, 0.25) is 0 Å². The maximum Gasteiger partial charge on any atom is 0.349 e. The molecular formula is C14H15N3O4. The molecule has 0 bridgehead atoms. The lowest BCUT2D eigenvalue weighted by Crippen LogP contribution is -2.12. The average Bonchev–Trinajstić information content (AvgIpc) is 2.43. The zero-order valence-electron chi connectivity index (χ0n) is 11.9. The summed E-state index contributed by atoms with van der Waals surface area (Å²) in [4.78, 5) is 22.1. The molecule has 0 aliphatic carbocycles. The lowest BCUT2D eigenvalue weighted by molar-refractivity contribution is -0.384. The van der Waals surface area contributed by atoms with Gasteiger partial charge in [-0.2, -0.15) is 5.26 Å². The zero-order valence-corrected chi connectivity index (χ0v) is 11.9. The summed E-state index contributed by atoms with van der Waals surface area (Å²) in [5, 5.41) is 22.6. The van der Waals surface area contributed by atoms with Gasteiger partial charge < -0.3 is 10.1 Å². The van der Waals surface area contributed by atoms with E-state index in [0.29, 0.717) is 11.3 Å². The molecule has 0 unspecified atom stereocenters. The Morgan fingerprint density at radius 1 is 1.52 bits per heavy atom. The van der Waals surface area contributed by atoms with Crippen LogP contribution in [0, 0.1) is 21.4 Å². The van der Waals surface area contributed by atoms with Crippen molar-refractivity contribution in [3.05, 3.63) is 39.4 Å². The largest absolute Gasteiger partial charge is 0.459 e. The van der Waals surface area contributed by atoms with E-state index in [1.54, 1.807) is 33.0 Å². The van der Waals surface area contributed by atoms with Crippen molar-refractivity contribution in [3.63, 3.8) is 0 Å². The molecule has 0 heterocycles. The molecule has 0 atom stereocenters. The van der Waals surface area contributed by atoms with Gasteiger partial charge in [-0.25, -0.2) is 4.79 Å².